The third-order valence-electron chi connectivity index (χ3n) is 3.20. The van der Waals surface area contributed by atoms with E-state index in [0.29, 0.717) is 6.61 Å². The van der Waals surface area contributed by atoms with Gasteiger partial charge < -0.3 is 10.1 Å². The van der Waals surface area contributed by atoms with Crippen LogP contribution in [0.2, 0.25) is 0 Å². The number of benzene rings is 2. The molecule has 6 heteroatoms. The van der Waals surface area contributed by atoms with Crippen LogP contribution in [0.4, 0.5) is 10.8 Å². The standard InChI is InChI=1S/C18H19N3OS2/c1-13-10-14(2)12-16(11-13)22-8-9-23-18-21-20-17(24-18)19-15-6-4-3-5-7-15/h3-7,10-12H,8-9H2,1-2H3,(H,19,20). The largest absolute Gasteiger partial charge is 0.493 e. The molecule has 0 fully saturated rings. The Morgan fingerprint density at radius 1 is 1.04 bits per heavy atom. The van der Waals surface area contributed by atoms with Gasteiger partial charge in [0.15, 0.2) is 4.34 Å². The third kappa shape index (κ3) is 4.97. The Balaban J connectivity index is 1.45. The molecule has 4 nitrogen and oxygen atoms in total. The van der Waals surface area contributed by atoms with E-state index in [9.17, 15) is 0 Å². The predicted molar refractivity (Wildman–Crippen MR) is 102 cm³/mol. The molecule has 0 atom stereocenters. The highest BCUT2D eigenvalue weighted by molar-refractivity contribution is 8.01. The Hall–Kier alpha value is -2.05. The number of nitrogens with one attached hydrogen (secondary N) is 1. The molecule has 0 saturated heterocycles. The molecule has 2 aromatic carbocycles. The summed E-state index contributed by atoms with van der Waals surface area (Å²) in [5, 5.41) is 12.4. The molecule has 0 saturated carbocycles. The number of aryl methyl sites for hydroxylation is 2. The lowest BCUT2D eigenvalue weighted by atomic mass is 10.1. The van der Waals surface area contributed by atoms with Crippen LogP contribution < -0.4 is 10.1 Å². The molecule has 1 aromatic heterocycles. The Labute approximate surface area is 150 Å². The average molecular weight is 358 g/mol. The molecular weight excluding hydrogens is 338 g/mol. The van der Waals surface area contributed by atoms with Crippen LogP contribution >= 0.6 is 23.1 Å². The molecule has 0 radical (unpaired) electrons. The van der Waals surface area contributed by atoms with Gasteiger partial charge in [-0.2, -0.15) is 0 Å². The van der Waals surface area contributed by atoms with E-state index >= 15 is 0 Å². The van der Waals surface area contributed by atoms with Crippen LogP contribution in [0, 0.1) is 13.8 Å². The first-order valence-electron chi connectivity index (χ1n) is 7.68. The van der Waals surface area contributed by atoms with Crippen molar-refractivity contribution < 1.29 is 4.74 Å². The maximum atomic E-state index is 5.81. The first-order chi connectivity index (χ1) is 11.7. The van der Waals surface area contributed by atoms with Gasteiger partial charge in [-0.15, -0.1) is 10.2 Å². The molecule has 0 aliphatic rings. The summed E-state index contributed by atoms with van der Waals surface area (Å²) in [6.45, 7) is 4.81. The van der Waals surface area contributed by atoms with Crippen molar-refractivity contribution in [2.45, 2.75) is 18.2 Å². The van der Waals surface area contributed by atoms with Crippen molar-refractivity contribution >= 4 is 33.9 Å². The van der Waals surface area contributed by atoms with E-state index in [1.807, 2.05) is 30.3 Å². The molecule has 1 N–H and O–H groups in total. The van der Waals surface area contributed by atoms with E-state index in [1.165, 1.54) is 11.1 Å². The molecule has 0 amide bonds. The monoisotopic (exact) mass is 357 g/mol. The summed E-state index contributed by atoms with van der Waals surface area (Å²) in [6, 6.07) is 16.2. The second kappa shape index (κ2) is 8.17. The highest BCUT2D eigenvalue weighted by Crippen LogP contribution is 2.27. The van der Waals surface area contributed by atoms with Gasteiger partial charge in [0.05, 0.1) is 6.61 Å². The highest BCUT2D eigenvalue weighted by atomic mass is 32.2. The minimum atomic E-state index is 0.647. The fraction of sp³-hybridized carbons (Fsp3) is 0.222. The quantitative estimate of drug-likeness (QED) is 0.472. The Morgan fingerprint density at radius 2 is 1.79 bits per heavy atom. The lowest BCUT2D eigenvalue weighted by Gasteiger charge is -2.07. The number of ether oxygens (including phenoxy) is 1. The van der Waals surface area contributed by atoms with Crippen molar-refractivity contribution in [2.24, 2.45) is 0 Å². The Kier molecular flexibility index (Phi) is 5.72. The van der Waals surface area contributed by atoms with Crippen LogP contribution in [0.3, 0.4) is 0 Å². The predicted octanol–water partition coefficient (Wildman–Crippen LogP) is 5.07. The molecule has 0 aliphatic heterocycles. The molecule has 0 unspecified atom stereocenters. The van der Waals surface area contributed by atoms with Gasteiger partial charge in [0.2, 0.25) is 5.13 Å². The zero-order chi connectivity index (χ0) is 16.8. The van der Waals surface area contributed by atoms with Gasteiger partial charge in [0.1, 0.15) is 5.75 Å². The van der Waals surface area contributed by atoms with Crippen molar-refractivity contribution in [1.82, 2.24) is 10.2 Å². The third-order valence-corrected chi connectivity index (χ3v) is 5.14. The van der Waals surface area contributed by atoms with Gasteiger partial charge in [-0.1, -0.05) is 47.4 Å². The molecule has 0 aliphatic carbocycles. The maximum Gasteiger partial charge on any atom is 0.210 e. The molecule has 24 heavy (non-hydrogen) atoms. The first-order valence-corrected chi connectivity index (χ1v) is 9.49. The SMILES string of the molecule is Cc1cc(C)cc(OCCSc2nnc(Nc3ccccc3)s2)c1. The Morgan fingerprint density at radius 3 is 2.54 bits per heavy atom. The van der Waals surface area contributed by atoms with Crippen molar-refractivity contribution in [3.05, 3.63) is 59.7 Å². The molecule has 0 bridgehead atoms. The first kappa shape index (κ1) is 16.8. The number of thioether (sulfide) groups is 1. The molecule has 124 valence electrons. The van der Waals surface area contributed by atoms with Gasteiger partial charge in [-0.05, 0) is 49.2 Å². The summed E-state index contributed by atoms with van der Waals surface area (Å²) in [4.78, 5) is 0. The number of aromatic nitrogens is 2. The summed E-state index contributed by atoms with van der Waals surface area (Å²) in [6.07, 6.45) is 0. The van der Waals surface area contributed by atoms with Crippen molar-refractivity contribution in [3.63, 3.8) is 0 Å². The van der Waals surface area contributed by atoms with E-state index in [2.05, 4.69) is 47.6 Å². The van der Waals surface area contributed by atoms with Gasteiger partial charge in [0, 0.05) is 11.4 Å². The molecule has 3 rings (SSSR count). The van der Waals surface area contributed by atoms with Gasteiger partial charge in [-0.3, -0.25) is 0 Å². The highest BCUT2D eigenvalue weighted by Gasteiger charge is 2.05. The van der Waals surface area contributed by atoms with Crippen LogP contribution in [0.25, 0.3) is 0 Å². The van der Waals surface area contributed by atoms with Crippen LogP contribution in [0.5, 0.6) is 5.75 Å². The molecule has 1 heterocycles. The zero-order valence-electron chi connectivity index (χ0n) is 13.7. The second-order valence-electron chi connectivity index (χ2n) is 5.38. The summed E-state index contributed by atoms with van der Waals surface area (Å²) in [7, 11) is 0. The van der Waals surface area contributed by atoms with Crippen LogP contribution in [-0.2, 0) is 0 Å². The number of nitrogens with zero attached hydrogens (tertiary/aromatic N) is 2. The van der Waals surface area contributed by atoms with Gasteiger partial charge >= 0.3 is 0 Å². The van der Waals surface area contributed by atoms with Crippen LogP contribution in [0.15, 0.2) is 52.9 Å². The maximum absolute atomic E-state index is 5.81. The fourth-order valence-corrected chi connectivity index (χ4v) is 3.93. The van der Waals surface area contributed by atoms with E-state index < -0.39 is 0 Å². The fourth-order valence-electron chi connectivity index (χ4n) is 2.27. The van der Waals surface area contributed by atoms with Crippen molar-refractivity contribution in [1.29, 1.82) is 0 Å². The minimum Gasteiger partial charge on any atom is -0.493 e. The van der Waals surface area contributed by atoms with Crippen molar-refractivity contribution in [2.75, 3.05) is 17.7 Å². The number of rotatable bonds is 7. The van der Waals surface area contributed by atoms with E-state index in [0.717, 1.165) is 26.7 Å². The molecular formula is C18H19N3OS2. The topological polar surface area (TPSA) is 47.0 Å². The zero-order valence-corrected chi connectivity index (χ0v) is 15.3. The number of anilines is 2. The summed E-state index contributed by atoms with van der Waals surface area (Å²) >= 11 is 3.21. The lowest BCUT2D eigenvalue weighted by Crippen LogP contribution is -2.00. The van der Waals surface area contributed by atoms with Crippen LogP contribution in [0.1, 0.15) is 11.1 Å². The van der Waals surface area contributed by atoms with E-state index in [4.69, 9.17) is 4.74 Å². The Bertz CT molecular complexity index is 770. The summed E-state index contributed by atoms with van der Waals surface area (Å²) in [5.74, 6) is 1.77. The van der Waals surface area contributed by atoms with Crippen molar-refractivity contribution in [3.8, 4) is 5.75 Å². The average Bonchev–Trinajstić information content (AvgIpc) is 2.99. The minimum absolute atomic E-state index is 0.647. The summed E-state index contributed by atoms with van der Waals surface area (Å²) in [5.41, 5.74) is 3.46. The van der Waals surface area contributed by atoms with Gasteiger partial charge in [0.25, 0.3) is 0 Å². The van der Waals surface area contributed by atoms with E-state index in [-0.39, 0.29) is 0 Å². The summed E-state index contributed by atoms with van der Waals surface area (Å²) < 4.78 is 6.75. The van der Waals surface area contributed by atoms with E-state index in [1.54, 1.807) is 23.1 Å². The number of para-hydroxylation sites is 1. The second-order valence-corrected chi connectivity index (χ2v) is 7.70. The van der Waals surface area contributed by atoms with Crippen LogP contribution in [-0.4, -0.2) is 22.6 Å². The molecule has 3 aromatic rings. The van der Waals surface area contributed by atoms with Gasteiger partial charge in [-0.25, -0.2) is 0 Å². The number of hydrogen-bond acceptors (Lipinski definition) is 6. The number of hydrogen-bond donors (Lipinski definition) is 1. The molecule has 0 spiro atoms. The smallest absolute Gasteiger partial charge is 0.210 e. The lowest BCUT2D eigenvalue weighted by molar-refractivity contribution is 0.343. The normalized spacial score (nSPS) is 10.6.